The Hall–Kier alpha value is 0.350. The van der Waals surface area contributed by atoms with E-state index in [0.717, 1.165) is 0 Å². The minimum Gasteiger partial charge on any atom is -0.0440 e. The first-order chi connectivity index (χ1) is 3.00. The molecule has 0 aliphatic carbocycles. The molecule has 1 radical (unpaired) electrons. The van der Waals surface area contributed by atoms with E-state index in [9.17, 15) is 0 Å². The maximum atomic E-state index is 2.09. The van der Waals surface area contributed by atoms with Crippen molar-refractivity contribution < 1.29 is 0 Å². The highest BCUT2D eigenvalue weighted by Gasteiger charge is 2.09. The van der Waals surface area contributed by atoms with Crippen molar-refractivity contribution in [2.75, 3.05) is 11.5 Å². The minimum atomic E-state index is 1.42. The summed E-state index contributed by atoms with van der Waals surface area (Å²) < 4.78 is 0. The Bertz CT molecular complexity index is 19.4. The molecule has 35 valence electrons. The molecule has 0 spiro atoms. The normalized spacial score (nSPS) is 24.0. The largest absolute Gasteiger partial charge is 0.196 e. The first kappa shape index (κ1) is 4.51. The summed E-state index contributed by atoms with van der Waals surface area (Å²) in [7, 11) is 0. The minimum absolute atomic E-state index is 1.42. The molecular formula is C5H10S+. The van der Waals surface area contributed by atoms with E-state index in [1.165, 1.54) is 30.8 Å². The van der Waals surface area contributed by atoms with Crippen LogP contribution >= 0.6 is 0 Å². The standard InChI is InChI=1S/C5H10S/c1-2-4-6-5-3-1/h1-5H2/q+1. The molecule has 0 unspecified atom stereocenters. The smallest absolute Gasteiger partial charge is 0.0440 e. The van der Waals surface area contributed by atoms with Crippen molar-refractivity contribution in [3.05, 3.63) is 0 Å². The third-order valence-electron chi connectivity index (χ3n) is 1.08. The molecule has 0 bridgehead atoms. The molecule has 0 amide bonds. The van der Waals surface area contributed by atoms with Crippen LogP contribution in [0.1, 0.15) is 19.3 Å². The summed E-state index contributed by atoms with van der Waals surface area (Å²) >= 11 is 2.09. The van der Waals surface area contributed by atoms with Crippen molar-refractivity contribution in [2.24, 2.45) is 0 Å². The van der Waals surface area contributed by atoms with Crippen molar-refractivity contribution in [3.8, 4) is 0 Å². The second-order valence-electron chi connectivity index (χ2n) is 1.67. The summed E-state index contributed by atoms with van der Waals surface area (Å²) in [5.74, 6) is 2.83. The molecule has 1 heteroatoms. The summed E-state index contributed by atoms with van der Waals surface area (Å²) in [6.07, 6.45) is 4.41. The molecule has 0 aromatic heterocycles. The van der Waals surface area contributed by atoms with E-state index in [1.54, 1.807) is 0 Å². The molecule has 1 heterocycles. The zero-order chi connectivity index (χ0) is 4.24. The summed E-state index contributed by atoms with van der Waals surface area (Å²) in [5.41, 5.74) is 0. The van der Waals surface area contributed by atoms with Gasteiger partial charge in [-0.25, -0.2) is 0 Å². The molecule has 1 fully saturated rings. The fraction of sp³-hybridized carbons (Fsp3) is 1.00. The Morgan fingerprint density at radius 1 is 0.833 bits per heavy atom. The molecule has 1 saturated heterocycles. The van der Waals surface area contributed by atoms with Gasteiger partial charge in [0.25, 0.3) is 0 Å². The number of hydrogen-bond acceptors (Lipinski definition) is 1. The third-order valence-corrected chi connectivity index (χ3v) is 2.23. The maximum absolute atomic E-state index is 2.09. The van der Waals surface area contributed by atoms with Crippen LogP contribution in [0.15, 0.2) is 0 Å². The van der Waals surface area contributed by atoms with Crippen LogP contribution in [0.25, 0.3) is 0 Å². The topological polar surface area (TPSA) is 0 Å². The predicted molar refractivity (Wildman–Crippen MR) is 30.9 cm³/mol. The van der Waals surface area contributed by atoms with Crippen LogP contribution < -0.4 is 0 Å². The van der Waals surface area contributed by atoms with E-state index >= 15 is 0 Å². The quantitative estimate of drug-likeness (QED) is 0.415. The van der Waals surface area contributed by atoms with Crippen LogP contribution in [0.5, 0.6) is 0 Å². The summed E-state index contributed by atoms with van der Waals surface area (Å²) in [6, 6.07) is 0. The summed E-state index contributed by atoms with van der Waals surface area (Å²) in [6.45, 7) is 0. The third kappa shape index (κ3) is 1.21. The number of thioether (sulfide) groups is 1. The average molecular weight is 102 g/mol. The lowest BCUT2D eigenvalue weighted by Crippen LogP contribution is -2.01. The Balaban J connectivity index is 2.00. The van der Waals surface area contributed by atoms with E-state index in [-0.39, 0.29) is 0 Å². The molecule has 1 aliphatic rings. The molecule has 0 aromatic rings. The van der Waals surface area contributed by atoms with Gasteiger partial charge in [-0.05, 0) is 19.3 Å². The molecular weight excluding hydrogens is 92.1 g/mol. The van der Waals surface area contributed by atoms with Crippen molar-refractivity contribution in [3.63, 3.8) is 0 Å². The Morgan fingerprint density at radius 3 is 1.67 bits per heavy atom. The van der Waals surface area contributed by atoms with Gasteiger partial charge in [0.15, 0.2) is 23.3 Å². The SMILES string of the molecule is C1CC[S+]CC1. The maximum Gasteiger partial charge on any atom is 0.196 e. The lowest BCUT2D eigenvalue weighted by Gasteiger charge is -1.93. The van der Waals surface area contributed by atoms with Gasteiger partial charge in [-0.1, -0.05) is 0 Å². The van der Waals surface area contributed by atoms with E-state index < -0.39 is 0 Å². The van der Waals surface area contributed by atoms with Crippen LogP contribution in [0.2, 0.25) is 0 Å². The average Bonchev–Trinajstić information content (AvgIpc) is 1.72. The number of rotatable bonds is 0. The lowest BCUT2D eigenvalue weighted by atomic mass is 10.3. The molecule has 0 saturated carbocycles. The van der Waals surface area contributed by atoms with Crippen LogP contribution in [0.3, 0.4) is 0 Å². The van der Waals surface area contributed by atoms with Gasteiger partial charge >= 0.3 is 0 Å². The number of hydrogen-bond donors (Lipinski definition) is 0. The van der Waals surface area contributed by atoms with Crippen molar-refractivity contribution in [2.45, 2.75) is 19.3 Å². The molecule has 0 N–H and O–H groups in total. The van der Waals surface area contributed by atoms with Gasteiger partial charge in [0.2, 0.25) is 0 Å². The van der Waals surface area contributed by atoms with Crippen molar-refractivity contribution in [1.29, 1.82) is 0 Å². The molecule has 1 aliphatic heterocycles. The van der Waals surface area contributed by atoms with Crippen LogP contribution in [-0.4, -0.2) is 11.5 Å². The molecule has 0 nitrogen and oxygen atoms in total. The highest BCUT2D eigenvalue weighted by molar-refractivity contribution is 7.78. The van der Waals surface area contributed by atoms with Gasteiger partial charge in [-0.15, -0.1) is 0 Å². The van der Waals surface area contributed by atoms with E-state index in [2.05, 4.69) is 11.8 Å². The monoisotopic (exact) mass is 102 g/mol. The highest BCUT2D eigenvalue weighted by atomic mass is 32.2. The molecule has 1 rings (SSSR count). The van der Waals surface area contributed by atoms with Gasteiger partial charge in [-0.3, -0.25) is 0 Å². The van der Waals surface area contributed by atoms with Gasteiger partial charge in [-0.2, -0.15) is 0 Å². The fourth-order valence-electron chi connectivity index (χ4n) is 0.687. The van der Waals surface area contributed by atoms with Gasteiger partial charge in [0.1, 0.15) is 0 Å². The van der Waals surface area contributed by atoms with E-state index in [4.69, 9.17) is 0 Å². The first-order valence-electron chi connectivity index (χ1n) is 2.58. The fourth-order valence-corrected chi connectivity index (χ4v) is 1.71. The molecule has 0 atom stereocenters. The summed E-state index contributed by atoms with van der Waals surface area (Å²) in [4.78, 5) is 0. The molecule has 6 heavy (non-hydrogen) atoms. The predicted octanol–water partition coefficient (Wildman–Crippen LogP) is 1.25. The first-order valence-corrected chi connectivity index (χ1v) is 3.73. The van der Waals surface area contributed by atoms with Crippen LogP contribution in [-0.2, 0) is 11.8 Å². The second kappa shape index (κ2) is 2.51. The van der Waals surface area contributed by atoms with Crippen LogP contribution in [0.4, 0.5) is 0 Å². The van der Waals surface area contributed by atoms with Gasteiger partial charge in [0.05, 0.1) is 0 Å². The second-order valence-corrected chi connectivity index (χ2v) is 2.90. The van der Waals surface area contributed by atoms with E-state index in [0.29, 0.717) is 0 Å². The Morgan fingerprint density at radius 2 is 1.50 bits per heavy atom. The Labute approximate surface area is 43.3 Å². The zero-order valence-corrected chi connectivity index (χ0v) is 4.76. The zero-order valence-electron chi connectivity index (χ0n) is 3.94. The summed E-state index contributed by atoms with van der Waals surface area (Å²) in [5, 5.41) is 0. The van der Waals surface area contributed by atoms with Gasteiger partial charge < -0.3 is 0 Å². The van der Waals surface area contributed by atoms with Crippen molar-refractivity contribution >= 4 is 11.8 Å². The highest BCUT2D eigenvalue weighted by Crippen LogP contribution is 2.02. The lowest BCUT2D eigenvalue weighted by molar-refractivity contribution is 0.763. The van der Waals surface area contributed by atoms with Crippen molar-refractivity contribution in [1.82, 2.24) is 0 Å². The van der Waals surface area contributed by atoms with Gasteiger partial charge in [0, 0.05) is 0 Å². The molecule has 0 aromatic carbocycles. The van der Waals surface area contributed by atoms with E-state index in [1.807, 2.05) is 0 Å². The Kier molecular flexibility index (Phi) is 1.89. The van der Waals surface area contributed by atoms with Crippen LogP contribution in [0, 0.1) is 0 Å².